The number of carbonyl (C=O) groups excluding carboxylic acids is 1. The van der Waals surface area contributed by atoms with Crippen LogP contribution in [0, 0.1) is 0 Å². The molecule has 1 aliphatic heterocycles. The number of aliphatic hydroxyl groups is 1. The lowest BCUT2D eigenvalue weighted by Crippen LogP contribution is -2.38. The summed E-state index contributed by atoms with van der Waals surface area (Å²) in [5.74, 6) is -0.645. The van der Waals surface area contributed by atoms with E-state index in [1.165, 1.54) is 6.20 Å². The first kappa shape index (κ1) is 15.8. The highest BCUT2D eigenvalue weighted by Crippen LogP contribution is 2.32. The standard InChI is InChI=1S/C16H14N2O6/c1-9-13(24-15(21)10-5-3-2-4-6-10)12(20)14(23-9)18-8-7-11(19)17-16(18)22/h2-8,12-14,20H,1H2,(H,17,19,22)/t12-,13+,14+/m0/s1. The molecular weight excluding hydrogens is 316 g/mol. The minimum absolute atomic E-state index is 0.00915. The van der Waals surface area contributed by atoms with Crippen LogP contribution in [0.15, 0.2) is 64.5 Å². The quantitative estimate of drug-likeness (QED) is 0.776. The van der Waals surface area contributed by atoms with Gasteiger partial charge in [-0.3, -0.25) is 14.3 Å². The molecule has 2 aromatic rings. The van der Waals surface area contributed by atoms with Crippen LogP contribution in [0.25, 0.3) is 0 Å². The van der Waals surface area contributed by atoms with Crippen LogP contribution in [0.4, 0.5) is 0 Å². The highest BCUT2D eigenvalue weighted by atomic mass is 16.6. The van der Waals surface area contributed by atoms with Gasteiger partial charge in [-0.1, -0.05) is 24.8 Å². The summed E-state index contributed by atoms with van der Waals surface area (Å²) >= 11 is 0. The molecule has 3 rings (SSSR count). The molecule has 0 amide bonds. The molecule has 1 aromatic heterocycles. The smallest absolute Gasteiger partial charge is 0.338 e. The Kier molecular flexibility index (Phi) is 4.05. The number of esters is 1. The number of aliphatic hydroxyl groups excluding tert-OH is 1. The van der Waals surface area contributed by atoms with Gasteiger partial charge in [-0.2, -0.15) is 0 Å². The zero-order valence-electron chi connectivity index (χ0n) is 12.4. The number of nitrogens with zero attached hydrogens (tertiary/aromatic N) is 1. The molecule has 1 fully saturated rings. The summed E-state index contributed by atoms with van der Waals surface area (Å²) < 4.78 is 11.6. The summed E-state index contributed by atoms with van der Waals surface area (Å²) in [5, 5.41) is 10.3. The van der Waals surface area contributed by atoms with Crippen molar-refractivity contribution in [1.29, 1.82) is 0 Å². The highest BCUT2D eigenvalue weighted by molar-refractivity contribution is 5.89. The summed E-state index contributed by atoms with van der Waals surface area (Å²) in [4.78, 5) is 37.1. The Balaban J connectivity index is 1.81. The van der Waals surface area contributed by atoms with Crippen molar-refractivity contribution in [3.05, 3.63) is 81.3 Å². The van der Waals surface area contributed by atoms with Crippen molar-refractivity contribution >= 4 is 5.97 Å². The minimum Gasteiger partial charge on any atom is -0.468 e. The van der Waals surface area contributed by atoms with Crippen molar-refractivity contribution in [3.8, 4) is 0 Å². The summed E-state index contributed by atoms with van der Waals surface area (Å²) in [6.07, 6.45) is -2.46. The first-order valence-electron chi connectivity index (χ1n) is 7.08. The number of carbonyl (C=O) groups is 1. The number of aromatic nitrogens is 2. The fourth-order valence-electron chi connectivity index (χ4n) is 2.37. The zero-order chi connectivity index (χ0) is 17.3. The first-order valence-corrected chi connectivity index (χ1v) is 7.08. The molecule has 1 aliphatic rings. The van der Waals surface area contributed by atoms with E-state index in [9.17, 15) is 19.5 Å². The molecule has 1 saturated heterocycles. The van der Waals surface area contributed by atoms with Crippen molar-refractivity contribution in [1.82, 2.24) is 9.55 Å². The SMILES string of the molecule is C=C1O[C@@H](n2ccc(=O)[nH]c2=O)[C@@H](O)[C@@H]1OC(=O)c1ccccc1. The molecule has 124 valence electrons. The van der Waals surface area contributed by atoms with E-state index >= 15 is 0 Å². The van der Waals surface area contributed by atoms with Gasteiger partial charge in [0, 0.05) is 12.3 Å². The molecule has 0 saturated carbocycles. The van der Waals surface area contributed by atoms with Crippen LogP contribution in [0.3, 0.4) is 0 Å². The molecule has 8 nitrogen and oxygen atoms in total. The van der Waals surface area contributed by atoms with E-state index in [4.69, 9.17) is 9.47 Å². The maximum atomic E-state index is 12.1. The number of nitrogens with one attached hydrogen (secondary N) is 1. The summed E-state index contributed by atoms with van der Waals surface area (Å²) in [6.45, 7) is 3.61. The van der Waals surface area contributed by atoms with Crippen molar-refractivity contribution in [2.45, 2.75) is 18.4 Å². The monoisotopic (exact) mass is 330 g/mol. The van der Waals surface area contributed by atoms with E-state index in [0.717, 1.165) is 10.6 Å². The topological polar surface area (TPSA) is 111 Å². The maximum Gasteiger partial charge on any atom is 0.338 e. The van der Waals surface area contributed by atoms with Crippen molar-refractivity contribution in [2.24, 2.45) is 0 Å². The Morgan fingerprint density at radius 2 is 1.96 bits per heavy atom. The van der Waals surface area contributed by atoms with Gasteiger partial charge < -0.3 is 14.6 Å². The van der Waals surface area contributed by atoms with E-state index in [0.29, 0.717) is 5.56 Å². The Labute approximate surface area is 135 Å². The molecule has 8 heteroatoms. The van der Waals surface area contributed by atoms with Crippen molar-refractivity contribution in [2.75, 3.05) is 0 Å². The number of benzene rings is 1. The van der Waals surface area contributed by atoms with Crippen molar-refractivity contribution < 1.29 is 19.4 Å². The lowest BCUT2D eigenvalue weighted by molar-refractivity contribution is -0.0273. The van der Waals surface area contributed by atoms with E-state index in [2.05, 4.69) is 11.6 Å². The van der Waals surface area contributed by atoms with Gasteiger partial charge in [-0.15, -0.1) is 0 Å². The largest absolute Gasteiger partial charge is 0.468 e. The van der Waals surface area contributed by atoms with Crippen LogP contribution in [0.1, 0.15) is 16.6 Å². The fourth-order valence-corrected chi connectivity index (χ4v) is 2.37. The Bertz CT molecular complexity index is 885. The van der Waals surface area contributed by atoms with Gasteiger partial charge in [0.05, 0.1) is 5.56 Å². The Hall–Kier alpha value is -3.13. The van der Waals surface area contributed by atoms with Crippen LogP contribution in [-0.4, -0.2) is 32.8 Å². The Morgan fingerprint density at radius 1 is 1.25 bits per heavy atom. The molecule has 0 spiro atoms. The second kappa shape index (κ2) is 6.17. The minimum atomic E-state index is -1.35. The van der Waals surface area contributed by atoms with Gasteiger partial charge >= 0.3 is 11.7 Å². The second-order valence-corrected chi connectivity index (χ2v) is 5.17. The lowest BCUT2D eigenvalue weighted by Gasteiger charge is -2.17. The number of hydrogen-bond acceptors (Lipinski definition) is 6. The van der Waals surface area contributed by atoms with Crippen molar-refractivity contribution in [3.63, 3.8) is 0 Å². The van der Waals surface area contributed by atoms with Gasteiger partial charge in [-0.25, -0.2) is 9.59 Å². The number of ether oxygens (including phenoxy) is 2. The molecule has 0 radical (unpaired) electrons. The van der Waals surface area contributed by atoms with E-state index in [1.54, 1.807) is 30.3 Å². The average molecular weight is 330 g/mol. The average Bonchev–Trinajstić information content (AvgIpc) is 2.84. The van der Waals surface area contributed by atoms with Crippen LogP contribution in [-0.2, 0) is 9.47 Å². The predicted octanol–water partition coefficient (Wildman–Crippen LogP) is 0.166. The maximum absolute atomic E-state index is 12.1. The van der Waals surface area contributed by atoms with E-state index < -0.39 is 35.7 Å². The second-order valence-electron chi connectivity index (χ2n) is 5.17. The number of H-pyrrole nitrogens is 1. The van der Waals surface area contributed by atoms with Gasteiger partial charge in [0.1, 0.15) is 5.76 Å². The number of rotatable bonds is 3. The first-order chi connectivity index (χ1) is 11.5. The number of hydrogen-bond donors (Lipinski definition) is 2. The molecule has 0 unspecified atom stereocenters. The predicted molar refractivity (Wildman–Crippen MR) is 82.2 cm³/mol. The van der Waals surface area contributed by atoms with Crippen LogP contribution >= 0.6 is 0 Å². The summed E-state index contributed by atoms with van der Waals surface area (Å²) in [5.41, 5.74) is -1.02. The third-order valence-corrected chi connectivity index (χ3v) is 3.56. The molecule has 2 N–H and O–H groups in total. The van der Waals surface area contributed by atoms with Gasteiger partial charge in [0.15, 0.2) is 12.2 Å². The third kappa shape index (κ3) is 2.86. The highest BCUT2D eigenvalue weighted by Gasteiger charge is 2.44. The molecule has 1 aromatic carbocycles. The molecule has 24 heavy (non-hydrogen) atoms. The van der Waals surface area contributed by atoms with E-state index in [-0.39, 0.29) is 5.76 Å². The molecule has 0 aliphatic carbocycles. The third-order valence-electron chi connectivity index (χ3n) is 3.56. The van der Waals surface area contributed by atoms with E-state index in [1.807, 2.05) is 0 Å². The number of aromatic amines is 1. The molecule has 2 heterocycles. The zero-order valence-corrected chi connectivity index (χ0v) is 12.4. The normalized spacial score (nSPS) is 22.9. The van der Waals surface area contributed by atoms with Gasteiger partial charge in [0.25, 0.3) is 5.56 Å². The van der Waals surface area contributed by atoms with Crippen LogP contribution in [0.5, 0.6) is 0 Å². The van der Waals surface area contributed by atoms with Gasteiger partial charge in [-0.05, 0) is 12.1 Å². The Morgan fingerprint density at radius 3 is 2.62 bits per heavy atom. The summed E-state index contributed by atoms with van der Waals surface area (Å²) in [7, 11) is 0. The summed E-state index contributed by atoms with van der Waals surface area (Å²) in [6, 6.07) is 9.35. The molecular formula is C16H14N2O6. The fraction of sp³-hybridized carbons (Fsp3) is 0.188. The lowest BCUT2D eigenvalue weighted by atomic mass is 10.2. The van der Waals surface area contributed by atoms with Crippen LogP contribution in [0.2, 0.25) is 0 Å². The molecule has 0 bridgehead atoms. The molecule has 3 atom stereocenters. The van der Waals surface area contributed by atoms with Crippen LogP contribution < -0.4 is 11.2 Å². The van der Waals surface area contributed by atoms with Gasteiger partial charge in [0.2, 0.25) is 6.23 Å².